The van der Waals surface area contributed by atoms with Crippen LogP contribution in [0.2, 0.25) is 0 Å². The van der Waals surface area contributed by atoms with Gasteiger partial charge in [0.25, 0.3) is 0 Å². The minimum absolute atomic E-state index is 0. The van der Waals surface area contributed by atoms with Gasteiger partial charge in [0.1, 0.15) is 5.75 Å². The Bertz CT molecular complexity index is 996. The molecule has 131 valence electrons. The van der Waals surface area contributed by atoms with Crippen molar-refractivity contribution < 1.29 is 27.7 Å². The van der Waals surface area contributed by atoms with E-state index in [0.717, 1.165) is 11.1 Å². The van der Waals surface area contributed by atoms with E-state index in [2.05, 4.69) is 4.18 Å². The van der Waals surface area contributed by atoms with Gasteiger partial charge in [-0.25, -0.2) is 0 Å². The molecule has 1 aromatic carbocycles. The summed E-state index contributed by atoms with van der Waals surface area (Å²) in [5.41, 5.74) is 1.78. The molecule has 0 unspecified atom stereocenters. The van der Waals surface area contributed by atoms with Gasteiger partial charge >= 0.3 is 10.4 Å². The second-order valence-corrected chi connectivity index (χ2v) is 8.08. The molecule has 2 N–H and O–H groups in total. The minimum atomic E-state index is -4.84. The molecule has 0 aliphatic heterocycles. The van der Waals surface area contributed by atoms with Gasteiger partial charge in [-0.2, -0.15) is 8.42 Å². The van der Waals surface area contributed by atoms with Crippen molar-refractivity contribution in [2.24, 2.45) is 11.3 Å². The zero-order valence-electron chi connectivity index (χ0n) is 18.2. The van der Waals surface area contributed by atoms with Crippen LogP contribution in [0.25, 0.3) is 0 Å². The van der Waals surface area contributed by atoms with Crippen molar-refractivity contribution >= 4 is 40.0 Å². The quantitative estimate of drug-likeness (QED) is 0.470. The van der Waals surface area contributed by atoms with E-state index < -0.39 is 34.0 Å². The van der Waals surface area contributed by atoms with Crippen molar-refractivity contribution in [2.45, 2.75) is 51.0 Å². The number of aliphatic hydroxyl groups is 1. The van der Waals surface area contributed by atoms with E-state index in [4.69, 9.17) is 10.0 Å². The first-order valence-corrected chi connectivity index (χ1v) is 9.39. The maximum absolute atomic E-state index is 11.0. The van der Waals surface area contributed by atoms with Crippen LogP contribution in [-0.4, -0.2) is 53.7 Å². The summed E-state index contributed by atoms with van der Waals surface area (Å²) < 4.78 is 68.2. The van der Waals surface area contributed by atoms with Crippen molar-refractivity contribution in [3.05, 3.63) is 40.9 Å². The molecule has 0 spiro atoms. The zero-order valence-corrected chi connectivity index (χ0v) is 17.1. The van der Waals surface area contributed by atoms with E-state index in [9.17, 15) is 13.5 Å². The molecule has 4 rings (SSSR count). The van der Waals surface area contributed by atoms with E-state index in [0.29, 0.717) is 24.8 Å². The van der Waals surface area contributed by atoms with Crippen LogP contribution < -0.4 is 4.18 Å². The number of fused-ring (bicyclic) bond motifs is 5. The maximum Gasteiger partial charge on any atom is 0.446 e. The Labute approximate surface area is 176 Å². The van der Waals surface area contributed by atoms with Gasteiger partial charge in [0.2, 0.25) is 0 Å². The first kappa shape index (κ1) is 14.7. The molecule has 5 nitrogen and oxygen atoms in total. The van der Waals surface area contributed by atoms with Gasteiger partial charge in [-0.1, -0.05) is 24.6 Å². The molecule has 0 heterocycles. The van der Waals surface area contributed by atoms with Gasteiger partial charge in [0.15, 0.2) is 0 Å². The van der Waals surface area contributed by atoms with Gasteiger partial charge < -0.3 is 9.29 Å². The number of aliphatic hydroxyl groups excluding tert-OH is 1. The predicted molar refractivity (Wildman–Crippen MR) is 95.0 cm³/mol. The molecule has 1 aromatic rings. The monoisotopic (exact) mass is 377 g/mol. The van der Waals surface area contributed by atoms with E-state index >= 15 is 0 Å². The summed E-state index contributed by atoms with van der Waals surface area (Å²) in [4.78, 5) is 0. The van der Waals surface area contributed by atoms with Crippen molar-refractivity contribution in [1.82, 2.24) is 0 Å². The van der Waals surface area contributed by atoms with Crippen molar-refractivity contribution in [1.29, 1.82) is 0 Å². The normalized spacial score (nSPS) is 37.7. The Hall–Kier alpha value is -0.370. The van der Waals surface area contributed by atoms with Gasteiger partial charge in [0, 0.05) is 43.6 Å². The third kappa shape index (κ3) is 3.33. The van der Waals surface area contributed by atoms with E-state index in [1.165, 1.54) is 6.07 Å². The fourth-order valence-corrected chi connectivity index (χ4v) is 4.81. The molecule has 0 bridgehead atoms. The van der Waals surface area contributed by atoms with Crippen molar-refractivity contribution in [2.75, 3.05) is 0 Å². The molecule has 25 heavy (non-hydrogen) atoms. The molecule has 3 aliphatic carbocycles. The molecule has 0 amide bonds. The Morgan fingerprint density at radius 2 is 2.20 bits per heavy atom. The molecular weight excluding hydrogens is 351 g/mol. The Kier molecular flexibility index (Phi) is 3.90. The van der Waals surface area contributed by atoms with Crippen LogP contribution in [-0.2, 0) is 16.8 Å². The molecule has 1 radical (unpaired) electrons. The molecule has 0 saturated heterocycles. The van der Waals surface area contributed by atoms with Crippen LogP contribution in [0.15, 0.2) is 29.8 Å². The molecule has 2 saturated carbocycles. The Balaban J connectivity index is 0.00000240. The summed E-state index contributed by atoms with van der Waals surface area (Å²) in [6, 6.07) is 0.956. The summed E-state index contributed by atoms with van der Waals surface area (Å²) >= 11 is 0. The summed E-state index contributed by atoms with van der Waals surface area (Å²) in [5.74, 6) is -0.719. The van der Waals surface area contributed by atoms with Gasteiger partial charge in [-0.15, -0.1) is 0 Å². The van der Waals surface area contributed by atoms with Crippen LogP contribution in [0.1, 0.15) is 55.1 Å². The van der Waals surface area contributed by atoms with Gasteiger partial charge in [-0.05, 0) is 61.2 Å². The second-order valence-electron chi connectivity index (χ2n) is 7.06. The molecule has 0 aromatic heterocycles. The van der Waals surface area contributed by atoms with E-state index in [-0.39, 0.29) is 59.9 Å². The number of hydrogen-bond donors (Lipinski definition) is 2. The number of hydrogen-bond acceptors (Lipinski definition) is 4. The summed E-state index contributed by atoms with van der Waals surface area (Å²) in [6.07, 6.45) is 1.06. The molecule has 7 heteroatoms. The average molecular weight is 377 g/mol. The number of rotatable bonds is 2. The van der Waals surface area contributed by atoms with Crippen LogP contribution in [0.4, 0.5) is 0 Å². The SMILES string of the molecule is [2H]c1cc2c(c([2H])c1OS(=O)(=O)O)CC=C1[C@@H]2CC[C@@]2(C)[C@H]1CC([2H])([2H])[C@@H]2O.[Na]. The fraction of sp³-hybridized carbons (Fsp3) is 0.556. The van der Waals surface area contributed by atoms with Gasteiger partial charge in [0.05, 0.1) is 8.85 Å². The smallest absolute Gasteiger partial charge is 0.393 e. The molecule has 4 atom stereocenters. The van der Waals surface area contributed by atoms with Crippen molar-refractivity contribution in [3.8, 4) is 5.75 Å². The van der Waals surface area contributed by atoms with Crippen LogP contribution in [0, 0.1) is 11.3 Å². The standard InChI is InChI=1S/C18H22O5S.Na/c1-18-9-8-14-13-5-3-12(23-24(20,21)22)10-11(13)2-4-15(14)16(18)6-7-17(18)19;/h3-5,10,14,16-17,19H,2,6-9H2,1H3,(H,20,21,22);/t14-,16+,17+,18+;/m1./s1/i3D,7D2,10D;. The molecule has 2 fully saturated rings. The summed E-state index contributed by atoms with van der Waals surface area (Å²) in [5, 5.41) is 10.6. The average Bonchev–Trinajstić information content (AvgIpc) is 2.77. The van der Waals surface area contributed by atoms with Crippen LogP contribution in [0.5, 0.6) is 5.75 Å². The zero-order chi connectivity index (χ0) is 20.6. The summed E-state index contributed by atoms with van der Waals surface area (Å²) in [7, 11) is -4.84. The van der Waals surface area contributed by atoms with E-state index in [1.807, 2.05) is 13.0 Å². The second kappa shape index (κ2) is 6.66. The third-order valence-electron chi connectivity index (χ3n) is 5.79. The van der Waals surface area contributed by atoms with Crippen LogP contribution in [0.3, 0.4) is 0 Å². The largest absolute Gasteiger partial charge is 0.446 e. The first-order valence-electron chi connectivity index (χ1n) is 10.0. The topological polar surface area (TPSA) is 83.8 Å². The first-order chi connectivity index (χ1) is 12.8. The van der Waals surface area contributed by atoms with Crippen molar-refractivity contribution in [3.63, 3.8) is 0 Å². The Morgan fingerprint density at radius 1 is 1.44 bits per heavy atom. The minimum Gasteiger partial charge on any atom is -0.393 e. The predicted octanol–water partition coefficient (Wildman–Crippen LogP) is 2.62. The maximum atomic E-state index is 11.0. The van der Waals surface area contributed by atoms with Crippen LogP contribution >= 0.6 is 0 Å². The fourth-order valence-electron chi connectivity index (χ4n) is 4.51. The van der Waals surface area contributed by atoms with Gasteiger partial charge in [-0.3, -0.25) is 4.55 Å². The molecule has 3 aliphatic rings. The molecular formula is C18H22NaO5S. The number of allylic oxidation sites excluding steroid dienone is 2. The third-order valence-corrected chi connectivity index (χ3v) is 6.17. The number of benzene rings is 1. The Morgan fingerprint density at radius 3 is 2.92 bits per heavy atom. The summed E-state index contributed by atoms with van der Waals surface area (Å²) in [6.45, 7) is 1.93. The van der Waals surface area contributed by atoms with E-state index in [1.54, 1.807) is 0 Å².